The monoisotopic (exact) mass is 1220 g/mol. The van der Waals surface area contributed by atoms with E-state index >= 15 is 0 Å². The van der Waals surface area contributed by atoms with Crippen LogP contribution in [-0.4, -0.2) is 215 Å². The largest absolute Gasteiger partial charge is 0.490 e. The number of amidine groups is 3. The molecule has 8 rings (SSSR count). The minimum Gasteiger partial charge on any atom is -0.490 e. The van der Waals surface area contributed by atoms with Gasteiger partial charge in [0.05, 0.1) is 155 Å². The van der Waals surface area contributed by atoms with E-state index in [1.165, 1.54) is 0 Å². The van der Waals surface area contributed by atoms with E-state index in [2.05, 4.69) is 29.5 Å². The molecule has 0 amide bonds. The first-order valence-corrected chi connectivity index (χ1v) is 29.7. The Hall–Kier alpha value is -7.16. The van der Waals surface area contributed by atoms with Crippen molar-refractivity contribution in [3.63, 3.8) is 0 Å². The third-order valence-corrected chi connectivity index (χ3v) is 13.7. The number of hydrogen-bond donors (Lipinski definition) is 2. The lowest BCUT2D eigenvalue weighted by molar-refractivity contribution is 0.0179. The van der Waals surface area contributed by atoms with E-state index in [0.717, 1.165) is 50.1 Å². The second-order valence-electron chi connectivity index (χ2n) is 19.7. The Morgan fingerprint density at radius 2 is 0.875 bits per heavy atom. The molecule has 0 aliphatic carbocycles. The number of nitrogens with zero attached hydrogens (tertiary/aromatic N) is 4. The van der Waals surface area contributed by atoms with E-state index in [1.807, 2.05) is 78.9 Å². The molecule has 3 aliphatic heterocycles. The minimum absolute atomic E-state index is 0.247. The van der Waals surface area contributed by atoms with E-state index in [0.29, 0.717) is 221 Å². The van der Waals surface area contributed by atoms with Crippen LogP contribution < -0.4 is 24.3 Å². The van der Waals surface area contributed by atoms with Crippen LogP contribution in [-0.2, 0) is 63.3 Å². The number of nitrogens with one attached hydrogen (secondary N) is 2. The predicted molar refractivity (Wildman–Crippen MR) is 338 cm³/mol. The maximum atomic E-state index is 6.54. The van der Waals surface area contributed by atoms with Crippen molar-refractivity contribution in [2.24, 2.45) is 20.0 Å². The standard InChI is InChI=1S/C66H84N6O16/c1-7-12-53-60-50(15-10-18-56(60)86-44-40-82-36-32-78-28-24-74-4)63(69-53)70-66-62-51(16-11-20-58(62)88-46-42-84-38-34-80-30-26-76-6)64(72-66)71-65-61-49(14-9-19-57(61)87-45-41-83-37-33-79-29-25-75-5)52(68-65)21-22-54-59-48(47(2)67-54)13-8-17-55(59)85-43-39-81-35-31-77-27-23-73-3/h7-11,13-21,69H,1-2,12,22-46H2,3-6H3,(H,68,70,71,72)/b52-21+. The lowest BCUT2D eigenvalue weighted by Gasteiger charge is -2.12. The van der Waals surface area contributed by atoms with E-state index in [1.54, 1.807) is 28.4 Å². The molecule has 0 radical (unpaired) electrons. The third-order valence-electron chi connectivity index (χ3n) is 13.7. The summed E-state index contributed by atoms with van der Waals surface area (Å²) in [5, 5.41) is 5.37. The van der Waals surface area contributed by atoms with Gasteiger partial charge in [0.15, 0.2) is 11.7 Å². The Labute approximate surface area is 515 Å². The summed E-state index contributed by atoms with van der Waals surface area (Å²) in [6, 6.07) is 23.5. The molecule has 0 spiro atoms. The smallest absolute Gasteiger partial charge is 0.168 e. The summed E-state index contributed by atoms with van der Waals surface area (Å²) in [4.78, 5) is 24.5. The molecule has 0 unspecified atom stereocenters. The number of methoxy groups -OCH3 is 4. The Bertz CT molecular complexity index is 3170. The Morgan fingerprint density at radius 1 is 0.443 bits per heavy atom. The maximum Gasteiger partial charge on any atom is 0.168 e. The number of allylic oxidation sites excluding steroid dienone is 2. The van der Waals surface area contributed by atoms with Crippen molar-refractivity contribution in [1.29, 1.82) is 0 Å². The van der Waals surface area contributed by atoms with E-state index in [4.69, 9.17) is 95.8 Å². The zero-order valence-electron chi connectivity index (χ0n) is 51.2. The molecular formula is C66H84N6O16. The van der Waals surface area contributed by atoms with E-state index in [9.17, 15) is 0 Å². The molecule has 0 saturated carbocycles. The molecule has 474 valence electrons. The highest BCUT2D eigenvalue weighted by Gasteiger charge is 2.32. The summed E-state index contributed by atoms with van der Waals surface area (Å²) in [6.07, 6.45) is 4.89. The number of rotatable bonds is 45. The Kier molecular flexibility index (Phi) is 28.6. The fourth-order valence-electron chi connectivity index (χ4n) is 9.62. The number of hydrogen-bond acceptors (Lipinski definition) is 19. The first-order chi connectivity index (χ1) is 43.5. The van der Waals surface area contributed by atoms with Gasteiger partial charge in [-0.15, -0.1) is 6.58 Å². The zero-order chi connectivity index (χ0) is 61.4. The van der Waals surface area contributed by atoms with Crippen LogP contribution in [0.4, 0.5) is 5.82 Å². The van der Waals surface area contributed by atoms with Gasteiger partial charge in [0.1, 0.15) is 61.1 Å². The lowest BCUT2D eigenvalue weighted by atomic mass is 10.00. The van der Waals surface area contributed by atoms with Gasteiger partial charge in [-0.05, 0) is 24.3 Å². The zero-order valence-corrected chi connectivity index (χ0v) is 51.2. The van der Waals surface area contributed by atoms with E-state index < -0.39 is 0 Å². The Balaban J connectivity index is 1.10. The highest BCUT2D eigenvalue weighted by atomic mass is 16.6. The van der Waals surface area contributed by atoms with Crippen LogP contribution in [0.3, 0.4) is 0 Å². The molecule has 22 heteroatoms. The fourth-order valence-corrected chi connectivity index (χ4v) is 9.62. The summed E-state index contributed by atoms with van der Waals surface area (Å²) in [6.45, 7) is 18.5. The van der Waals surface area contributed by atoms with Crippen LogP contribution in [0.2, 0.25) is 0 Å². The van der Waals surface area contributed by atoms with Gasteiger partial charge in [-0.2, -0.15) is 0 Å². The van der Waals surface area contributed by atoms with Crippen molar-refractivity contribution in [3.05, 3.63) is 137 Å². The molecule has 5 aromatic rings. The lowest BCUT2D eigenvalue weighted by Crippen LogP contribution is -2.18. The van der Waals surface area contributed by atoms with Crippen molar-refractivity contribution < 1.29 is 75.8 Å². The van der Waals surface area contributed by atoms with Crippen LogP contribution in [0.25, 0.3) is 22.2 Å². The third kappa shape index (κ3) is 19.4. The molecule has 2 N–H and O–H groups in total. The number of ether oxygens (including phenoxy) is 16. The molecule has 88 heavy (non-hydrogen) atoms. The highest BCUT2D eigenvalue weighted by molar-refractivity contribution is 6.28. The predicted octanol–water partition coefficient (Wildman–Crippen LogP) is 8.22. The van der Waals surface area contributed by atoms with Crippen molar-refractivity contribution >= 4 is 51.2 Å². The van der Waals surface area contributed by atoms with Crippen molar-refractivity contribution in [3.8, 4) is 23.0 Å². The van der Waals surface area contributed by atoms with Gasteiger partial charge in [0.25, 0.3) is 0 Å². The van der Waals surface area contributed by atoms with Crippen LogP contribution in [0.15, 0.2) is 118 Å². The highest BCUT2D eigenvalue weighted by Crippen LogP contribution is 2.40. The molecule has 0 saturated heterocycles. The second-order valence-corrected chi connectivity index (χ2v) is 19.7. The number of fused-ring (bicyclic) bond motifs is 4. The quantitative estimate of drug-likeness (QED) is 0.0277. The summed E-state index contributed by atoms with van der Waals surface area (Å²) in [5.41, 5.74) is 7.90. The summed E-state index contributed by atoms with van der Waals surface area (Å²) >= 11 is 0. The van der Waals surface area contributed by atoms with Gasteiger partial charge in [-0.1, -0.05) is 67.3 Å². The molecule has 3 aliphatic rings. The molecule has 1 aromatic heterocycles. The van der Waals surface area contributed by atoms with Crippen molar-refractivity contribution in [2.45, 2.75) is 12.8 Å². The minimum atomic E-state index is 0.247. The van der Waals surface area contributed by atoms with Gasteiger partial charge in [-0.25, -0.2) is 15.0 Å². The number of aromatic nitrogens is 1. The van der Waals surface area contributed by atoms with Gasteiger partial charge in [-0.3, -0.25) is 4.99 Å². The number of aliphatic imine (C=N–C) groups is 4. The summed E-state index contributed by atoms with van der Waals surface area (Å²) in [5.74, 6) is 4.39. The first-order valence-electron chi connectivity index (χ1n) is 29.7. The van der Waals surface area contributed by atoms with Crippen LogP contribution in [0.1, 0.15) is 45.5 Å². The van der Waals surface area contributed by atoms with E-state index in [-0.39, 0.29) is 13.2 Å². The average Bonchev–Trinajstić information content (AvgIpc) is 1.85. The Morgan fingerprint density at radius 3 is 1.39 bits per heavy atom. The molecule has 0 atom stereocenters. The van der Waals surface area contributed by atoms with Crippen molar-refractivity contribution in [2.75, 3.05) is 187 Å². The fraction of sp³-hybridized carbons (Fsp3) is 0.455. The molecular weight excluding hydrogens is 1130 g/mol. The average molecular weight is 1220 g/mol. The van der Waals surface area contributed by atoms with Gasteiger partial charge in [0.2, 0.25) is 0 Å². The molecule has 0 fully saturated rings. The summed E-state index contributed by atoms with van der Waals surface area (Å²) in [7, 11) is 6.57. The van der Waals surface area contributed by atoms with Gasteiger partial charge >= 0.3 is 0 Å². The SMILES string of the molecule is C=CCc1[nH]c(/N=C2\N=C(N=C3N/C(=C/CC4=NC(=C)c5cccc(OCCOCCOCCOC)c54)c4cccc(OCCOCCOCCOC)c43)c3cccc(OCCOCCOCCOC)c32)c2cccc(OCCOCCOCCOC)c12. The number of aromatic amines is 1. The topological polar surface area (TPSA) is 225 Å². The molecule has 22 nitrogen and oxygen atoms in total. The summed E-state index contributed by atoms with van der Waals surface area (Å²) < 4.78 is 91.7. The maximum absolute atomic E-state index is 6.54. The van der Waals surface area contributed by atoms with Crippen LogP contribution in [0.5, 0.6) is 23.0 Å². The van der Waals surface area contributed by atoms with Crippen LogP contribution >= 0.6 is 0 Å². The molecule has 4 aromatic carbocycles. The van der Waals surface area contributed by atoms with Crippen LogP contribution in [0, 0.1) is 0 Å². The number of benzene rings is 4. The molecule has 0 bridgehead atoms. The molecule has 4 heterocycles. The number of H-pyrrole nitrogens is 1. The van der Waals surface area contributed by atoms with Gasteiger partial charge < -0.3 is 86.1 Å². The van der Waals surface area contributed by atoms with Crippen molar-refractivity contribution in [1.82, 2.24) is 10.3 Å². The first kappa shape index (κ1) is 66.8. The second kappa shape index (κ2) is 37.6. The normalized spacial score (nSPS) is 14.6. The van der Waals surface area contributed by atoms with Gasteiger partial charge in [0, 0.05) is 85.7 Å².